The molecular formula is C20H12BrO+. The minimum Gasteiger partial charge on any atom is -0.439 e. The molecule has 0 saturated heterocycles. The van der Waals surface area contributed by atoms with E-state index in [0.29, 0.717) is 0 Å². The van der Waals surface area contributed by atoms with Gasteiger partial charge in [-0.25, -0.2) is 0 Å². The van der Waals surface area contributed by atoms with Crippen molar-refractivity contribution in [1.82, 2.24) is 0 Å². The van der Waals surface area contributed by atoms with E-state index in [-0.39, 0.29) is 0 Å². The Balaban J connectivity index is 2.00. The number of hydrogen-bond acceptors (Lipinski definition) is 1. The number of fused-ring (bicyclic) bond motifs is 1. The fourth-order valence-electron chi connectivity index (χ4n) is 2.69. The van der Waals surface area contributed by atoms with Crippen LogP contribution in [0.4, 0.5) is 0 Å². The maximum absolute atomic E-state index is 6.27. The molecule has 0 aliphatic heterocycles. The van der Waals surface area contributed by atoms with Crippen LogP contribution in [-0.4, -0.2) is 0 Å². The monoisotopic (exact) mass is 347 g/mol. The highest BCUT2D eigenvalue weighted by molar-refractivity contribution is 9.15. The molecule has 1 nitrogen and oxygen atoms in total. The van der Waals surface area contributed by atoms with Gasteiger partial charge in [0.2, 0.25) is 5.76 Å². The summed E-state index contributed by atoms with van der Waals surface area (Å²) in [5.41, 5.74) is 4.30. The van der Waals surface area contributed by atoms with Crippen molar-refractivity contribution in [2.75, 3.05) is 0 Å². The zero-order chi connectivity index (χ0) is 14.9. The van der Waals surface area contributed by atoms with Gasteiger partial charge in [-0.3, -0.25) is 0 Å². The summed E-state index contributed by atoms with van der Waals surface area (Å²) in [6.07, 6.45) is 7.18. The average Bonchev–Trinajstić information content (AvgIpc) is 2.98. The molecule has 0 bridgehead atoms. The molecule has 1 aliphatic rings. The molecule has 2 aromatic carbocycles. The fourth-order valence-corrected chi connectivity index (χ4v) is 3.21. The van der Waals surface area contributed by atoms with Crippen molar-refractivity contribution in [3.8, 4) is 22.6 Å². The highest BCUT2D eigenvalue weighted by Crippen LogP contribution is 2.44. The molecule has 3 aromatic rings. The lowest BCUT2D eigenvalue weighted by Crippen LogP contribution is -1.87. The van der Waals surface area contributed by atoms with Crippen molar-refractivity contribution < 1.29 is 4.42 Å². The van der Waals surface area contributed by atoms with Gasteiger partial charge < -0.3 is 4.42 Å². The fraction of sp³-hybridized carbons (Fsp3) is 0. The molecule has 0 atom stereocenters. The molecule has 0 unspecified atom stereocenters. The Morgan fingerprint density at radius 2 is 1.36 bits per heavy atom. The Morgan fingerprint density at radius 1 is 0.773 bits per heavy atom. The van der Waals surface area contributed by atoms with E-state index in [1.54, 1.807) is 0 Å². The SMILES string of the molecule is BrC1=[C+]C=Cc2c(-c3ccccc3)oc(-c3ccccc3)c21. The van der Waals surface area contributed by atoms with E-state index in [9.17, 15) is 0 Å². The predicted molar refractivity (Wildman–Crippen MR) is 94.2 cm³/mol. The molecule has 0 N–H and O–H groups in total. The Labute approximate surface area is 137 Å². The Morgan fingerprint density at radius 3 is 2.00 bits per heavy atom. The molecule has 0 saturated carbocycles. The first kappa shape index (κ1) is 13.3. The van der Waals surface area contributed by atoms with Crippen molar-refractivity contribution in [1.29, 1.82) is 0 Å². The average molecular weight is 348 g/mol. The van der Waals surface area contributed by atoms with Gasteiger partial charge in [-0.1, -0.05) is 48.5 Å². The van der Waals surface area contributed by atoms with Gasteiger partial charge in [-0.2, -0.15) is 0 Å². The van der Waals surface area contributed by atoms with Crippen molar-refractivity contribution in [2.45, 2.75) is 0 Å². The van der Waals surface area contributed by atoms with Gasteiger partial charge in [0.15, 0.2) is 15.8 Å². The van der Waals surface area contributed by atoms with Gasteiger partial charge in [0.25, 0.3) is 0 Å². The van der Waals surface area contributed by atoms with Crippen molar-refractivity contribution in [2.24, 2.45) is 0 Å². The molecule has 1 heterocycles. The van der Waals surface area contributed by atoms with Crippen LogP contribution in [0.2, 0.25) is 0 Å². The Hall–Kier alpha value is -2.41. The summed E-state index contributed by atoms with van der Waals surface area (Å²) in [6.45, 7) is 0. The van der Waals surface area contributed by atoms with Gasteiger partial charge in [0.1, 0.15) is 11.6 Å². The van der Waals surface area contributed by atoms with Crippen molar-refractivity contribution >= 4 is 26.5 Å². The van der Waals surface area contributed by atoms with Crippen LogP contribution in [0.25, 0.3) is 33.2 Å². The lowest BCUT2D eigenvalue weighted by Gasteiger charge is -1.97. The smallest absolute Gasteiger partial charge is 0.200 e. The van der Waals surface area contributed by atoms with Gasteiger partial charge in [0, 0.05) is 11.1 Å². The third-order valence-corrected chi connectivity index (χ3v) is 4.32. The number of hydrogen-bond donors (Lipinski definition) is 0. The van der Waals surface area contributed by atoms with E-state index in [1.807, 2.05) is 42.5 Å². The number of furan rings is 1. The molecule has 2 heteroatoms. The van der Waals surface area contributed by atoms with Crippen molar-refractivity contribution in [3.05, 3.63) is 83.9 Å². The lowest BCUT2D eigenvalue weighted by molar-refractivity contribution is 0.596. The minimum absolute atomic E-state index is 0.873. The van der Waals surface area contributed by atoms with Crippen molar-refractivity contribution in [3.63, 3.8) is 0 Å². The summed E-state index contributed by atoms with van der Waals surface area (Å²) in [7, 11) is 0. The third-order valence-electron chi connectivity index (χ3n) is 3.70. The van der Waals surface area contributed by atoms with Crippen LogP contribution in [0, 0.1) is 6.08 Å². The predicted octanol–water partition coefficient (Wildman–Crippen LogP) is 6.18. The standard InChI is InChI=1S/C20H12BrO/c21-17-13-7-12-16-18(17)20(15-10-5-2-6-11-15)22-19(16)14-8-3-1-4-9-14/h1-12H/q+1. The largest absolute Gasteiger partial charge is 0.439 e. The summed E-state index contributed by atoms with van der Waals surface area (Å²) in [5.74, 6) is 1.77. The van der Waals surface area contributed by atoms with Crippen LogP contribution in [0.1, 0.15) is 11.1 Å². The van der Waals surface area contributed by atoms with E-state index in [4.69, 9.17) is 4.42 Å². The Kier molecular flexibility index (Phi) is 3.27. The quantitative estimate of drug-likeness (QED) is 0.504. The van der Waals surface area contributed by atoms with Crippen LogP contribution < -0.4 is 0 Å². The van der Waals surface area contributed by atoms with Crippen LogP contribution >= 0.6 is 15.9 Å². The van der Waals surface area contributed by atoms with E-state index >= 15 is 0 Å². The van der Waals surface area contributed by atoms with Crippen LogP contribution in [0.5, 0.6) is 0 Å². The second-order valence-corrected chi connectivity index (χ2v) is 5.87. The molecule has 22 heavy (non-hydrogen) atoms. The molecule has 104 valence electrons. The number of allylic oxidation sites excluding steroid dienone is 2. The molecule has 0 amide bonds. The summed E-state index contributed by atoms with van der Waals surface area (Å²) < 4.78 is 7.19. The summed E-state index contributed by atoms with van der Waals surface area (Å²) >= 11 is 3.62. The minimum atomic E-state index is 0.873. The molecule has 0 radical (unpaired) electrons. The second kappa shape index (κ2) is 5.42. The zero-order valence-corrected chi connectivity index (χ0v) is 13.3. The second-order valence-electron chi connectivity index (χ2n) is 5.07. The molecule has 0 spiro atoms. The maximum atomic E-state index is 6.27. The molecule has 0 fully saturated rings. The van der Waals surface area contributed by atoms with E-state index in [1.165, 1.54) is 0 Å². The maximum Gasteiger partial charge on any atom is 0.200 e. The molecular weight excluding hydrogens is 336 g/mol. The summed E-state index contributed by atoms with van der Waals surface area (Å²) in [5, 5.41) is 0. The van der Waals surface area contributed by atoms with E-state index < -0.39 is 0 Å². The Bertz CT molecular complexity index is 871. The topological polar surface area (TPSA) is 13.1 Å². The highest BCUT2D eigenvalue weighted by atomic mass is 79.9. The van der Waals surface area contributed by atoms with Gasteiger partial charge in [-0.15, -0.1) is 0 Å². The van der Waals surface area contributed by atoms with E-state index in [0.717, 1.165) is 38.3 Å². The first-order chi connectivity index (χ1) is 10.8. The zero-order valence-electron chi connectivity index (χ0n) is 11.7. The normalized spacial score (nSPS) is 12.5. The number of halogens is 1. The summed E-state index contributed by atoms with van der Waals surface area (Å²) in [4.78, 5) is 0. The number of rotatable bonds is 2. The van der Waals surface area contributed by atoms with Crippen LogP contribution in [-0.2, 0) is 0 Å². The molecule has 1 aliphatic carbocycles. The highest BCUT2D eigenvalue weighted by Gasteiger charge is 2.31. The summed E-state index contributed by atoms with van der Waals surface area (Å²) in [6, 6.07) is 20.4. The first-order valence-corrected chi connectivity index (χ1v) is 7.87. The van der Waals surface area contributed by atoms with E-state index in [2.05, 4.69) is 52.3 Å². The van der Waals surface area contributed by atoms with Crippen LogP contribution in [0.3, 0.4) is 0 Å². The van der Waals surface area contributed by atoms with Gasteiger partial charge in [-0.05, 0) is 28.1 Å². The van der Waals surface area contributed by atoms with Crippen LogP contribution in [0.15, 0.2) is 71.2 Å². The lowest BCUT2D eigenvalue weighted by atomic mass is 9.98. The molecule has 4 rings (SSSR count). The molecule has 1 aromatic heterocycles. The van der Waals surface area contributed by atoms with Gasteiger partial charge in [0.05, 0.1) is 12.2 Å². The third kappa shape index (κ3) is 2.14. The van der Waals surface area contributed by atoms with Gasteiger partial charge >= 0.3 is 0 Å². The first-order valence-electron chi connectivity index (χ1n) is 7.08. The number of benzene rings is 2.